The second-order valence-electron chi connectivity index (χ2n) is 3.97. The number of H-pyrrole nitrogens is 1. The number of aliphatic hydroxyl groups is 1. The molecule has 1 rings (SSSR count). The highest BCUT2D eigenvalue weighted by atomic mass is 16.6. The van der Waals surface area contributed by atoms with Crippen LogP contribution in [-0.4, -0.2) is 33.1 Å². The molecule has 0 saturated heterocycles. The van der Waals surface area contributed by atoms with Crippen molar-refractivity contribution in [2.75, 3.05) is 0 Å². The minimum Gasteiger partial charge on any atom is -0.393 e. The predicted molar refractivity (Wildman–Crippen MR) is 60.7 cm³/mol. The average molecular weight is 241 g/mol. The van der Waals surface area contributed by atoms with Gasteiger partial charge in [-0.2, -0.15) is 0 Å². The number of carbonyl (C=O) groups excluding carboxylic acids is 1. The number of aromatic amines is 1. The minimum atomic E-state index is -0.601. The molecule has 1 heterocycles. The second kappa shape index (κ2) is 5.44. The molecule has 0 bridgehead atoms. The summed E-state index contributed by atoms with van der Waals surface area (Å²) in [5.74, 6) is -0.649. The van der Waals surface area contributed by atoms with Gasteiger partial charge in [-0.05, 0) is 31.3 Å². The smallest absolute Gasteiger partial charge is 0.321 e. The van der Waals surface area contributed by atoms with Crippen molar-refractivity contribution in [1.29, 1.82) is 0 Å². The number of aromatic nitrogens is 1. The molecule has 0 fully saturated rings. The Kier molecular flexibility index (Phi) is 4.22. The maximum atomic E-state index is 11.6. The van der Waals surface area contributed by atoms with Crippen molar-refractivity contribution in [3.8, 4) is 0 Å². The van der Waals surface area contributed by atoms with Crippen LogP contribution in [0.15, 0.2) is 12.1 Å². The van der Waals surface area contributed by atoms with Crippen LogP contribution >= 0.6 is 0 Å². The van der Waals surface area contributed by atoms with E-state index in [0.29, 0.717) is 6.42 Å². The third kappa shape index (κ3) is 3.87. The van der Waals surface area contributed by atoms with Gasteiger partial charge >= 0.3 is 5.82 Å². The maximum absolute atomic E-state index is 11.6. The third-order valence-electron chi connectivity index (χ3n) is 2.18. The van der Waals surface area contributed by atoms with Gasteiger partial charge in [0.15, 0.2) is 5.69 Å². The Hall–Kier alpha value is -1.89. The minimum absolute atomic E-state index is 0.133. The van der Waals surface area contributed by atoms with Gasteiger partial charge in [0, 0.05) is 12.1 Å². The molecular weight excluding hydrogens is 226 g/mol. The van der Waals surface area contributed by atoms with Crippen molar-refractivity contribution in [2.24, 2.45) is 0 Å². The number of hydrogen-bond acceptors (Lipinski definition) is 4. The summed E-state index contributed by atoms with van der Waals surface area (Å²) in [7, 11) is 0. The SMILES string of the molecule is CC(O)CC(C)NC(=O)c1ccc([N+](=O)[O-])[nH]1. The normalized spacial score (nSPS) is 14.1. The highest BCUT2D eigenvalue weighted by Crippen LogP contribution is 2.10. The first-order valence-corrected chi connectivity index (χ1v) is 5.22. The Balaban J connectivity index is 2.60. The number of aliphatic hydroxyl groups excluding tert-OH is 1. The summed E-state index contributed by atoms with van der Waals surface area (Å²) < 4.78 is 0. The average Bonchev–Trinajstić information content (AvgIpc) is 2.64. The summed E-state index contributed by atoms with van der Waals surface area (Å²) in [6.07, 6.45) is -0.0857. The van der Waals surface area contributed by atoms with Crippen LogP contribution in [0.2, 0.25) is 0 Å². The van der Waals surface area contributed by atoms with E-state index in [2.05, 4.69) is 10.3 Å². The van der Waals surface area contributed by atoms with Gasteiger partial charge in [-0.25, -0.2) is 4.98 Å². The van der Waals surface area contributed by atoms with Gasteiger partial charge in [-0.15, -0.1) is 0 Å². The molecule has 3 N–H and O–H groups in total. The number of nitro groups is 1. The lowest BCUT2D eigenvalue weighted by molar-refractivity contribution is -0.389. The fourth-order valence-electron chi connectivity index (χ4n) is 1.49. The van der Waals surface area contributed by atoms with E-state index in [1.54, 1.807) is 13.8 Å². The van der Waals surface area contributed by atoms with E-state index in [9.17, 15) is 14.9 Å². The number of hydrogen-bond donors (Lipinski definition) is 3. The lowest BCUT2D eigenvalue weighted by Gasteiger charge is -2.13. The molecule has 0 aliphatic carbocycles. The van der Waals surface area contributed by atoms with E-state index in [0.717, 1.165) is 0 Å². The number of nitrogens with one attached hydrogen (secondary N) is 2. The Morgan fingerprint density at radius 2 is 2.24 bits per heavy atom. The van der Waals surface area contributed by atoms with Gasteiger partial charge in [0.2, 0.25) is 0 Å². The zero-order valence-electron chi connectivity index (χ0n) is 9.64. The Labute approximate surface area is 98.0 Å². The molecule has 7 nitrogen and oxygen atoms in total. The first kappa shape index (κ1) is 13.2. The molecule has 0 aliphatic heterocycles. The van der Waals surface area contributed by atoms with E-state index in [-0.39, 0.29) is 17.6 Å². The van der Waals surface area contributed by atoms with Crippen molar-refractivity contribution >= 4 is 11.7 Å². The lowest BCUT2D eigenvalue weighted by Crippen LogP contribution is -2.34. The molecule has 7 heteroatoms. The third-order valence-corrected chi connectivity index (χ3v) is 2.18. The molecule has 1 amide bonds. The second-order valence-corrected chi connectivity index (χ2v) is 3.97. The van der Waals surface area contributed by atoms with Crippen molar-refractivity contribution in [2.45, 2.75) is 32.4 Å². The van der Waals surface area contributed by atoms with Gasteiger partial charge in [0.25, 0.3) is 5.91 Å². The van der Waals surface area contributed by atoms with E-state index in [4.69, 9.17) is 5.11 Å². The summed E-state index contributed by atoms with van der Waals surface area (Å²) in [4.78, 5) is 23.8. The van der Waals surface area contributed by atoms with Gasteiger partial charge in [-0.3, -0.25) is 4.79 Å². The lowest BCUT2D eigenvalue weighted by atomic mass is 10.1. The summed E-state index contributed by atoms with van der Waals surface area (Å²) in [5.41, 5.74) is 0.133. The maximum Gasteiger partial charge on any atom is 0.321 e. The van der Waals surface area contributed by atoms with Crippen LogP contribution in [0.3, 0.4) is 0 Å². The quantitative estimate of drug-likeness (QED) is 0.523. The molecule has 1 aromatic heterocycles. The summed E-state index contributed by atoms with van der Waals surface area (Å²) in [5, 5.41) is 22.2. The monoisotopic (exact) mass is 241 g/mol. The van der Waals surface area contributed by atoms with Crippen LogP contribution in [0.1, 0.15) is 30.8 Å². The summed E-state index contributed by atoms with van der Waals surface area (Å²) >= 11 is 0. The fraction of sp³-hybridized carbons (Fsp3) is 0.500. The van der Waals surface area contributed by atoms with Crippen molar-refractivity contribution < 1.29 is 14.8 Å². The van der Waals surface area contributed by atoms with E-state index in [1.165, 1.54) is 12.1 Å². The zero-order valence-corrected chi connectivity index (χ0v) is 9.64. The Morgan fingerprint density at radius 3 is 2.71 bits per heavy atom. The van der Waals surface area contributed by atoms with E-state index in [1.807, 2.05) is 0 Å². The molecule has 0 saturated carbocycles. The van der Waals surface area contributed by atoms with Gasteiger partial charge in [0.05, 0.1) is 6.10 Å². The van der Waals surface area contributed by atoms with Crippen LogP contribution < -0.4 is 5.32 Å². The van der Waals surface area contributed by atoms with E-state index >= 15 is 0 Å². The molecule has 17 heavy (non-hydrogen) atoms. The van der Waals surface area contributed by atoms with Gasteiger partial charge in [0.1, 0.15) is 0 Å². The Morgan fingerprint density at radius 1 is 1.59 bits per heavy atom. The zero-order chi connectivity index (χ0) is 13.0. The van der Waals surface area contributed by atoms with E-state index < -0.39 is 16.9 Å². The number of rotatable bonds is 5. The molecule has 0 radical (unpaired) electrons. The van der Waals surface area contributed by atoms with Crippen LogP contribution in [0.5, 0.6) is 0 Å². The Bertz CT molecular complexity index is 413. The topological polar surface area (TPSA) is 108 Å². The molecule has 0 spiro atoms. The summed E-state index contributed by atoms with van der Waals surface area (Å²) in [6.45, 7) is 3.38. The predicted octanol–water partition coefficient (Wildman–Crippen LogP) is 0.812. The van der Waals surface area contributed by atoms with Crippen molar-refractivity contribution in [3.63, 3.8) is 0 Å². The molecule has 94 valence electrons. The molecule has 1 aromatic rings. The highest BCUT2D eigenvalue weighted by Gasteiger charge is 2.17. The first-order valence-electron chi connectivity index (χ1n) is 5.22. The first-order chi connectivity index (χ1) is 7.90. The molecule has 0 aliphatic rings. The standard InChI is InChI=1S/C10H15N3O4/c1-6(5-7(2)14)11-10(15)8-3-4-9(12-8)13(16)17/h3-4,6-7,12,14H,5H2,1-2H3,(H,11,15). The van der Waals surface area contributed by atoms with Crippen molar-refractivity contribution in [1.82, 2.24) is 10.3 Å². The fourth-order valence-corrected chi connectivity index (χ4v) is 1.49. The van der Waals surface area contributed by atoms with Crippen molar-refractivity contribution in [3.05, 3.63) is 27.9 Å². The highest BCUT2D eigenvalue weighted by molar-refractivity contribution is 5.93. The molecule has 2 atom stereocenters. The molecular formula is C10H15N3O4. The van der Waals surface area contributed by atoms with Crippen LogP contribution in [0.25, 0.3) is 0 Å². The van der Waals surface area contributed by atoms with Crippen LogP contribution in [-0.2, 0) is 0 Å². The van der Waals surface area contributed by atoms with Gasteiger partial charge < -0.3 is 20.5 Å². The van der Waals surface area contributed by atoms with Crippen LogP contribution in [0.4, 0.5) is 5.82 Å². The molecule has 0 aromatic carbocycles. The largest absolute Gasteiger partial charge is 0.393 e. The summed E-state index contributed by atoms with van der Waals surface area (Å²) in [6, 6.07) is 2.38. The number of nitrogens with zero attached hydrogens (tertiary/aromatic N) is 1. The number of carbonyl (C=O) groups is 1. The van der Waals surface area contributed by atoms with Gasteiger partial charge in [-0.1, -0.05) is 0 Å². The molecule has 2 unspecified atom stereocenters. The number of amides is 1. The van der Waals surface area contributed by atoms with Crippen LogP contribution in [0, 0.1) is 10.1 Å².